The van der Waals surface area contributed by atoms with Gasteiger partial charge in [-0.05, 0) is 24.8 Å². The number of carbonyl (C=O) groups is 2. The van der Waals surface area contributed by atoms with E-state index < -0.39 is 0 Å². The van der Waals surface area contributed by atoms with Crippen molar-refractivity contribution in [2.75, 3.05) is 13.1 Å². The second-order valence-electron chi connectivity index (χ2n) is 5.64. The summed E-state index contributed by atoms with van der Waals surface area (Å²) in [5.74, 6) is 0.177. The molecular weight excluding hydrogens is 250 g/mol. The van der Waals surface area contributed by atoms with E-state index in [1.165, 1.54) is 5.56 Å². The summed E-state index contributed by atoms with van der Waals surface area (Å²) in [5.41, 5.74) is 1.18. The number of hydrogen-bond donors (Lipinski definition) is 0. The molecule has 2 rings (SSSR count). The Kier molecular flexibility index (Phi) is 5.33. The first kappa shape index (κ1) is 14.8. The molecule has 1 atom stereocenters. The third kappa shape index (κ3) is 4.19. The van der Waals surface area contributed by atoms with Gasteiger partial charge in [0, 0.05) is 31.8 Å². The van der Waals surface area contributed by atoms with Crippen LogP contribution in [0.3, 0.4) is 0 Å². The average Bonchev–Trinajstić information content (AvgIpc) is 3.00. The lowest BCUT2D eigenvalue weighted by Gasteiger charge is -2.17. The Morgan fingerprint density at radius 3 is 2.45 bits per heavy atom. The van der Waals surface area contributed by atoms with Gasteiger partial charge in [0.25, 0.3) is 0 Å². The molecule has 3 nitrogen and oxygen atoms in total. The first-order chi connectivity index (χ1) is 9.66. The number of amides is 1. The van der Waals surface area contributed by atoms with Crippen LogP contribution in [0.15, 0.2) is 30.3 Å². The van der Waals surface area contributed by atoms with E-state index in [0.717, 1.165) is 32.4 Å². The topological polar surface area (TPSA) is 37.4 Å². The lowest BCUT2D eigenvalue weighted by molar-refractivity contribution is -0.134. The molecule has 20 heavy (non-hydrogen) atoms. The number of ketones is 1. The summed E-state index contributed by atoms with van der Waals surface area (Å²) in [5, 5.41) is 0. The van der Waals surface area contributed by atoms with Gasteiger partial charge in [-0.15, -0.1) is 0 Å². The number of nitrogens with zero attached hydrogens (tertiary/aromatic N) is 1. The zero-order valence-electron chi connectivity index (χ0n) is 12.2. The Balaban J connectivity index is 1.75. The zero-order chi connectivity index (χ0) is 14.4. The summed E-state index contributed by atoms with van der Waals surface area (Å²) < 4.78 is 0. The van der Waals surface area contributed by atoms with Crippen molar-refractivity contribution in [2.45, 2.75) is 39.0 Å². The van der Waals surface area contributed by atoms with Gasteiger partial charge in [0.1, 0.15) is 5.78 Å². The molecule has 1 aliphatic rings. The average molecular weight is 273 g/mol. The van der Waals surface area contributed by atoms with Crippen molar-refractivity contribution >= 4 is 11.7 Å². The monoisotopic (exact) mass is 273 g/mol. The van der Waals surface area contributed by atoms with E-state index in [1.54, 1.807) is 0 Å². The molecule has 0 aliphatic carbocycles. The molecule has 3 heteroatoms. The number of hydrogen-bond acceptors (Lipinski definition) is 2. The van der Waals surface area contributed by atoms with Crippen molar-refractivity contribution in [1.82, 2.24) is 4.90 Å². The second-order valence-corrected chi connectivity index (χ2v) is 5.64. The van der Waals surface area contributed by atoms with Crippen LogP contribution in [0.2, 0.25) is 0 Å². The van der Waals surface area contributed by atoms with E-state index in [0.29, 0.717) is 12.8 Å². The maximum Gasteiger partial charge on any atom is 0.223 e. The van der Waals surface area contributed by atoms with Gasteiger partial charge >= 0.3 is 0 Å². The summed E-state index contributed by atoms with van der Waals surface area (Å²) in [4.78, 5) is 26.0. The van der Waals surface area contributed by atoms with Gasteiger partial charge in [-0.2, -0.15) is 0 Å². The summed E-state index contributed by atoms with van der Waals surface area (Å²) >= 11 is 0. The Morgan fingerprint density at radius 1 is 1.15 bits per heavy atom. The van der Waals surface area contributed by atoms with E-state index in [1.807, 2.05) is 42.2 Å². The minimum absolute atomic E-state index is 0.142. The molecule has 1 amide bonds. The van der Waals surface area contributed by atoms with Crippen LogP contribution in [0.1, 0.15) is 38.2 Å². The molecule has 1 unspecified atom stereocenters. The van der Waals surface area contributed by atoms with Crippen LogP contribution in [-0.2, 0) is 16.0 Å². The van der Waals surface area contributed by atoms with E-state index in [4.69, 9.17) is 0 Å². The molecule has 0 aromatic heterocycles. The van der Waals surface area contributed by atoms with Crippen LogP contribution in [0.5, 0.6) is 0 Å². The number of likely N-dealkylation sites (tertiary alicyclic amines) is 1. The lowest BCUT2D eigenvalue weighted by atomic mass is 9.96. The third-order valence-electron chi connectivity index (χ3n) is 3.99. The molecule has 0 radical (unpaired) electrons. The van der Waals surface area contributed by atoms with Crippen LogP contribution in [0.25, 0.3) is 0 Å². The molecule has 0 saturated carbocycles. The Bertz CT molecular complexity index is 449. The molecule has 0 N–H and O–H groups in total. The fourth-order valence-electron chi connectivity index (χ4n) is 2.63. The van der Waals surface area contributed by atoms with E-state index in [2.05, 4.69) is 0 Å². The van der Waals surface area contributed by atoms with E-state index in [-0.39, 0.29) is 17.6 Å². The highest BCUT2D eigenvalue weighted by Gasteiger charge is 2.22. The molecular formula is C17H23NO2. The molecule has 108 valence electrons. The highest BCUT2D eigenvalue weighted by atomic mass is 16.2. The fourth-order valence-corrected chi connectivity index (χ4v) is 2.63. The molecule has 1 aromatic carbocycles. The van der Waals surface area contributed by atoms with Crippen LogP contribution in [-0.4, -0.2) is 29.7 Å². The molecule has 1 saturated heterocycles. The van der Waals surface area contributed by atoms with Crippen LogP contribution < -0.4 is 0 Å². The maximum absolute atomic E-state index is 12.1. The van der Waals surface area contributed by atoms with Crippen molar-refractivity contribution in [3.63, 3.8) is 0 Å². The summed E-state index contributed by atoms with van der Waals surface area (Å²) in [7, 11) is 0. The normalized spacial score (nSPS) is 16.1. The van der Waals surface area contributed by atoms with Crippen molar-refractivity contribution < 1.29 is 9.59 Å². The van der Waals surface area contributed by atoms with Gasteiger partial charge in [-0.1, -0.05) is 37.3 Å². The van der Waals surface area contributed by atoms with E-state index in [9.17, 15) is 9.59 Å². The van der Waals surface area contributed by atoms with Crippen LogP contribution >= 0.6 is 0 Å². The molecule has 0 spiro atoms. The van der Waals surface area contributed by atoms with Gasteiger partial charge in [0.05, 0.1) is 0 Å². The Hall–Kier alpha value is -1.64. The van der Waals surface area contributed by atoms with Crippen molar-refractivity contribution in [3.8, 4) is 0 Å². The lowest BCUT2D eigenvalue weighted by Crippen LogP contribution is -2.30. The summed E-state index contributed by atoms with van der Waals surface area (Å²) in [6.45, 7) is 3.61. The Labute approximate surface area is 121 Å². The highest BCUT2D eigenvalue weighted by molar-refractivity contribution is 5.87. The SMILES string of the molecule is CC(CC(=O)N1CCCC1)C(=O)CCc1ccccc1. The van der Waals surface area contributed by atoms with Crippen LogP contribution in [0, 0.1) is 5.92 Å². The van der Waals surface area contributed by atoms with Gasteiger partial charge in [0.15, 0.2) is 0 Å². The number of aryl methyl sites for hydroxylation is 1. The second kappa shape index (κ2) is 7.22. The first-order valence-electron chi connectivity index (χ1n) is 7.51. The molecule has 1 aromatic rings. The highest BCUT2D eigenvalue weighted by Crippen LogP contribution is 2.15. The van der Waals surface area contributed by atoms with E-state index >= 15 is 0 Å². The molecule has 0 bridgehead atoms. The first-order valence-corrected chi connectivity index (χ1v) is 7.51. The molecule has 1 fully saturated rings. The van der Waals surface area contributed by atoms with Gasteiger partial charge < -0.3 is 4.90 Å². The number of benzene rings is 1. The minimum Gasteiger partial charge on any atom is -0.343 e. The fraction of sp³-hybridized carbons (Fsp3) is 0.529. The quantitative estimate of drug-likeness (QED) is 0.799. The van der Waals surface area contributed by atoms with Crippen molar-refractivity contribution in [2.24, 2.45) is 5.92 Å². The van der Waals surface area contributed by atoms with Gasteiger partial charge in [-0.3, -0.25) is 9.59 Å². The maximum atomic E-state index is 12.1. The minimum atomic E-state index is -0.160. The third-order valence-corrected chi connectivity index (χ3v) is 3.99. The van der Waals surface area contributed by atoms with Gasteiger partial charge in [0.2, 0.25) is 5.91 Å². The number of carbonyl (C=O) groups excluding carboxylic acids is 2. The molecule has 1 heterocycles. The predicted molar refractivity (Wildman–Crippen MR) is 79.4 cm³/mol. The number of rotatable bonds is 6. The smallest absolute Gasteiger partial charge is 0.223 e. The Morgan fingerprint density at radius 2 is 1.80 bits per heavy atom. The molecule has 1 aliphatic heterocycles. The van der Waals surface area contributed by atoms with Gasteiger partial charge in [-0.25, -0.2) is 0 Å². The summed E-state index contributed by atoms with van der Waals surface area (Å²) in [6, 6.07) is 10.0. The standard InChI is InChI=1S/C17H23NO2/c1-14(13-17(20)18-11-5-6-12-18)16(19)10-9-15-7-3-2-4-8-15/h2-4,7-8,14H,5-6,9-13H2,1H3. The largest absolute Gasteiger partial charge is 0.343 e. The number of Topliss-reactive ketones (excluding diaryl/α,β-unsaturated/α-hetero) is 1. The summed E-state index contributed by atoms with van der Waals surface area (Å²) in [6.07, 6.45) is 3.86. The van der Waals surface area contributed by atoms with Crippen molar-refractivity contribution in [3.05, 3.63) is 35.9 Å². The van der Waals surface area contributed by atoms with Crippen molar-refractivity contribution in [1.29, 1.82) is 0 Å². The predicted octanol–water partition coefficient (Wildman–Crippen LogP) is 2.84. The van der Waals surface area contributed by atoms with Crippen LogP contribution in [0.4, 0.5) is 0 Å². The zero-order valence-corrected chi connectivity index (χ0v) is 12.2.